The molecular weight excluding hydrogens is 225 g/mol. The molecule has 1 aromatic carbocycles. The van der Waals surface area contributed by atoms with E-state index in [1.165, 1.54) is 18.2 Å². The number of nitriles is 1. The summed E-state index contributed by atoms with van der Waals surface area (Å²) in [5.74, 6) is 0.303. The quantitative estimate of drug-likeness (QED) is 0.456. The Kier molecular flexibility index (Phi) is 6.81. The summed E-state index contributed by atoms with van der Waals surface area (Å²) < 4.78 is 26.4. The third-order valence-electron chi connectivity index (χ3n) is 1.57. The number of ether oxygens (including phenoxy) is 1. The van der Waals surface area contributed by atoms with E-state index < -0.39 is 11.1 Å². The van der Waals surface area contributed by atoms with E-state index in [2.05, 4.69) is 0 Å². The maximum absolute atomic E-state index is 10.6. The molecule has 1 aromatic rings. The summed E-state index contributed by atoms with van der Waals surface area (Å²) in [5.41, 5.74) is 0.334. The van der Waals surface area contributed by atoms with Crippen molar-refractivity contribution in [2.24, 2.45) is 0 Å². The first-order valence-electron chi connectivity index (χ1n) is 3.95. The zero-order valence-electron chi connectivity index (χ0n) is 8.52. The average molecular weight is 233 g/mol. The zero-order valence-corrected chi connectivity index (χ0v) is 11.3. The number of nitrogens with zero attached hydrogens (tertiary/aromatic N) is 1. The number of benzene rings is 1. The molecule has 0 fully saturated rings. The van der Waals surface area contributed by atoms with Crippen LogP contribution in [0, 0.1) is 11.3 Å². The molecule has 0 saturated heterocycles. The first-order valence-corrected chi connectivity index (χ1v) is 5.02. The van der Waals surface area contributed by atoms with Crippen molar-refractivity contribution in [2.45, 2.75) is 11.8 Å². The van der Waals surface area contributed by atoms with Crippen LogP contribution >= 0.6 is 0 Å². The minimum atomic E-state index is -2.29. The van der Waals surface area contributed by atoms with Gasteiger partial charge >= 0.3 is 29.6 Å². The Hall–Kier alpha value is -0.380. The molecule has 0 heterocycles. The minimum absolute atomic E-state index is 0. The van der Waals surface area contributed by atoms with Gasteiger partial charge < -0.3 is 9.29 Å². The van der Waals surface area contributed by atoms with Gasteiger partial charge in [-0.05, 0) is 36.2 Å². The largest absolute Gasteiger partial charge is 1.00 e. The van der Waals surface area contributed by atoms with Crippen molar-refractivity contribution in [2.75, 3.05) is 6.61 Å². The molecule has 1 unspecified atom stereocenters. The van der Waals surface area contributed by atoms with Crippen LogP contribution in [0.5, 0.6) is 5.75 Å². The fourth-order valence-electron chi connectivity index (χ4n) is 0.974. The molecule has 0 aromatic heterocycles. The Morgan fingerprint density at radius 1 is 1.60 bits per heavy atom. The number of hydrogen-bond donors (Lipinski definition) is 0. The Labute approximate surface area is 113 Å². The Morgan fingerprint density at radius 3 is 2.73 bits per heavy atom. The topological polar surface area (TPSA) is 73.2 Å². The predicted octanol–water partition coefficient (Wildman–Crippen LogP) is -1.80. The average Bonchev–Trinajstić information content (AvgIpc) is 2.18. The molecule has 15 heavy (non-hydrogen) atoms. The molecule has 1 atom stereocenters. The van der Waals surface area contributed by atoms with Crippen LogP contribution < -0.4 is 34.3 Å². The van der Waals surface area contributed by atoms with Crippen molar-refractivity contribution in [3.63, 3.8) is 0 Å². The Balaban J connectivity index is 0.00000196. The second-order valence-electron chi connectivity index (χ2n) is 2.44. The van der Waals surface area contributed by atoms with Crippen LogP contribution in [0.1, 0.15) is 12.5 Å². The Bertz CT molecular complexity index is 403. The van der Waals surface area contributed by atoms with Gasteiger partial charge in [0.25, 0.3) is 0 Å². The van der Waals surface area contributed by atoms with Crippen LogP contribution in [0.2, 0.25) is 0 Å². The summed E-state index contributed by atoms with van der Waals surface area (Å²) in [4.78, 5) is 0.118. The monoisotopic (exact) mass is 233 g/mol. The number of hydrogen-bond acceptors (Lipinski definition) is 4. The molecule has 4 nitrogen and oxygen atoms in total. The van der Waals surface area contributed by atoms with E-state index in [4.69, 9.17) is 10.00 Å². The fourth-order valence-corrected chi connectivity index (χ4v) is 1.36. The molecule has 0 spiro atoms. The van der Waals surface area contributed by atoms with Crippen LogP contribution in [0.3, 0.4) is 0 Å². The minimum Gasteiger partial charge on any atom is -0.768 e. The molecular formula is C9H8NNaO3S. The normalized spacial score (nSPS) is 11.0. The van der Waals surface area contributed by atoms with Gasteiger partial charge in [0.15, 0.2) is 0 Å². The van der Waals surface area contributed by atoms with Crippen molar-refractivity contribution < 1.29 is 43.1 Å². The summed E-state index contributed by atoms with van der Waals surface area (Å²) in [5, 5.41) is 8.69. The van der Waals surface area contributed by atoms with Crippen molar-refractivity contribution in [1.29, 1.82) is 5.26 Å². The Morgan fingerprint density at radius 2 is 2.27 bits per heavy atom. The molecule has 74 valence electrons. The summed E-state index contributed by atoms with van der Waals surface area (Å²) in [6.07, 6.45) is 0. The molecule has 0 aliphatic heterocycles. The molecule has 1 rings (SSSR count). The van der Waals surface area contributed by atoms with Crippen LogP contribution in [0.4, 0.5) is 0 Å². The molecule has 0 bridgehead atoms. The van der Waals surface area contributed by atoms with Gasteiger partial charge in [-0.3, -0.25) is 4.21 Å². The SMILES string of the molecule is CCOc1cc(S(=O)[O-])ccc1C#N.[Na+]. The molecule has 0 amide bonds. The summed E-state index contributed by atoms with van der Waals surface area (Å²) in [7, 11) is 0. The van der Waals surface area contributed by atoms with Crippen molar-refractivity contribution in [3.8, 4) is 11.8 Å². The van der Waals surface area contributed by atoms with Crippen molar-refractivity contribution in [1.82, 2.24) is 0 Å². The van der Waals surface area contributed by atoms with Crippen LogP contribution in [0.25, 0.3) is 0 Å². The smallest absolute Gasteiger partial charge is 0.768 e. The molecule has 0 radical (unpaired) electrons. The second kappa shape index (κ2) is 6.99. The van der Waals surface area contributed by atoms with Gasteiger partial charge in [-0.25, -0.2) is 0 Å². The van der Waals surface area contributed by atoms with Gasteiger partial charge in [-0.2, -0.15) is 5.26 Å². The first-order chi connectivity index (χ1) is 6.69. The van der Waals surface area contributed by atoms with Crippen LogP contribution in [-0.4, -0.2) is 15.4 Å². The van der Waals surface area contributed by atoms with Gasteiger partial charge in [-0.1, -0.05) is 0 Å². The third-order valence-corrected chi connectivity index (χ3v) is 2.20. The zero-order chi connectivity index (χ0) is 10.6. The van der Waals surface area contributed by atoms with Crippen LogP contribution in [0.15, 0.2) is 23.1 Å². The van der Waals surface area contributed by atoms with Gasteiger partial charge in [0.05, 0.1) is 12.2 Å². The van der Waals surface area contributed by atoms with E-state index in [-0.39, 0.29) is 34.5 Å². The van der Waals surface area contributed by atoms with E-state index in [1.807, 2.05) is 6.07 Å². The van der Waals surface area contributed by atoms with Gasteiger partial charge in [0.1, 0.15) is 11.8 Å². The fraction of sp³-hybridized carbons (Fsp3) is 0.222. The maximum atomic E-state index is 10.6. The molecule has 0 aliphatic carbocycles. The van der Waals surface area contributed by atoms with E-state index in [0.717, 1.165) is 0 Å². The molecule has 0 saturated carbocycles. The maximum Gasteiger partial charge on any atom is 1.00 e. The van der Waals surface area contributed by atoms with E-state index >= 15 is 0 Å². The summed E-state index contributed by atoms with van der Waals surface area (Å²) >= 11 is -2.29. The molecule has 0 N–H and O–H groups in total. The third kappa shape index (κ3) is 3.93. The number of rotatable bonds is 3. The van der Waals surface area contributed by atoms with Crippen molar-refractivity contribution >= 4 is 11.1 Å². The van der Waals surface area contributed by atoms with Crippen molar-refractivity contribution in [3.05, 3.63) is 23.8 Å². The standard InChI is InChI=1S/C9H9NO3S.Na/c1-2-13-9-5-8(14(11)12)4-3-7(9)6-10;/h3-5H,2H2,1H3,(H,11,12);/q;+1/p-1. The molecule has 0 aliphatic rings. The van der Waals surface area contributed by atoms with Gasteiger partial charge in [-0.15, -0.1) is 0 Å². The van der Waals surface area contributed by atoms with Gasteiger partial charge in [0.2, 0.25) is 0 Å². The second-order valence-corrected chi connectivity index (χ2v) is 3.38. The summed E-state index contributed by atoms with van der Waals surface area (Å²) in [6, 6.07) is 6.05. The predicted molar refractivity (Wildman–Crippen MR) is 49.5 cm³/mol. The molecule has 6 heteroatoms. The van der Waals surface area contributed by atoms with E-state index in [1.54, 1.807) is 6.92 Å². The van der Waals surface area contributed by atoms with E-state index in [9.17, 15) is 8.76 Å². The van der Waals surface area contributed by atoms with E-state index in [0.29, 0.717) is 17.9 Å². The summed E-state index contributed by atoms with van der Waals surface area (Å²) in [6.45, 7) is 2.16. The van der Waals surface area contributed by atoms with Gasteiger partial charge in [0, 0.05) is 4.90 Å². The van der Waals surface area contributed by atoms with Crippen LogP contribution in [-0.2, 0) is 11.1 Å². The first kappa shape index (κ1) is 14.6.